The van der Waals surface area contributed by atoms with Gasteiger partial charge in [-0.25, -0.2) is 4.98 Å². The molecule has 2 nitrogen and oxygen atoms in total. The standard InChI is InChI=1S/C8H7BrN2/c1-6-3-2-4-11-7(6)5-10-8(11)9/h2-5H,1H3. The largest absolute Gasteiger partial charge is 0.294 e. The molecule has 2 aromatic heterocycles. The van der Waals surface area contributed by atoms with Crippen molar-refractivity contribution in [2.45, 2.75) is 6.92 Å². The van der Waals surface area contributed by atoms with Crippen molar-refractivity contribution in [2.24, 2.45) is 0 Å². The van der Waals surface area contributed by atoms with Gasteiger partial charge in [-0.15, -0.1) is 0 Å². The Labute approximate surface area is 73.0 Å². The highest BCUT2D eigenvalue weighted by Crippen LogP contribution is 2.14. The molecule has 0 aliphatic rings. The van der Waals surface area contributed by atoms with E-state index in [0.717, 1.165) is 10.3 Å². The first-order valence-corrected chi connectivity index (χ1v) is 4.16. The topological polar surface area (TPSA) is 17.3 Å². The molecule has 0 fully saturated rings. The van der Waals surface area contributed by atoms with E-state index in [1.165, 1.54) is 5.56 Å². The van der Waals surface area contributed by atoms with E-state index < -0.39 is 0 Å². The minimum atomic E-state index is 0.858. The minimum absolute atomic E-state index is 0.858. The Morgan fingerprint density at radius 1 is 1.55 bits per heavy atom. The summed E-state index contributed by atoms with van der Waals surface area (Å²) >= 11 is 3.35. The zero-order chi connectivity index (χ0) is 7.84. The summed E-state index contributed by atoms with van der Waals surface area (Å²) in [5.41, 5.74) is 2.39. The predicted octanol–water partition coefficient (Wildman–Crippen LogP) is 2.41. The summed E-state index contributed by atoms with van der Waals surface area (Å²) in [5, 5.41) is 0. The quantitative estimate of drug-likeness (QED) is 0.653. The molecule has 0 amide bonds. The van der Waals surface area contributed by atoms with Crippen LogP contribution in [0.4, 0.5) is 0 Å². The van der Waals surface area contributed by atoms with Crippen molar-refractivity contribution in [3.63, 3.8) is 0 Å². The molecule has 0 bridgehead atoms. The third-order valence-corrected chi connectivity index (χ3v) is 2.32. The van der Waals surface area contributed by atoms with Gasteiger partial charge in [0.1, 0.15) is 0 Å². The number of nitrogens with zero attached hydrogens (tertiary/aromatic N) is 2. The molecule has 0 N–H and O–H groups in total. The normalized spacial score (nSPS) is 10.7. The van der Waals surface area contributed by atoms with Crippen LogP contribution in [0.15, 0.2) is 29.3 Å². The number of imidazole rings is 1. The maximum Gasteiger partial charge on any atom is 0.181 e. The summed E-state index contributed by atoms with van der Waals surface area (Å²) < 4.78 is 2.87. The molecule has 2 heterocycles. The highest BCUT2D eigenvalue weighted by Gasteiger charge is 1.99. The van der Waals surface area contributed by atoms with Gasteiger partial charge < -0.3 is 0 Å². The third kappa shape index (κ3) is 0.959. The Balaban J connectivity index is 2.94. The van der Waals surface area contributed by atoms with E-state index in [4.69, 9.17) is 0 Å². The van der Waals surface area contributed by atoms with Gasteiger partial charge in [0.25, 0.3) is 0 Å². The van der Waals surface area contributed by atoms with Crippen molar-refractivity contribution in [3.8, 4) is 0 Å². The number of hydrogen-bond acceptors (Lipinski definition) is 1. The summed E-state index contributed by atoms with van der Waals surface area (Å²) in [4.78, 5) is 4.14. The fourth-order valence-corrected chi connectivity index (χ4v) is 1.54. The van der Waals surface area contributed by atoms with Gasteiger partial charge in [-0.3, -0.25) is 4.40 Å². The molecule has 0 saturated carbocycles. The highest BCUT2D eigenvalue weighted by atomic mass is 79.9. The summed E-state index contributed by atoms with van der Waals surface area (Å²) in [6, 6.07) is 4.08. The highest BCUT2D eigenvalue weighted by molar-refractivity contribution is 9.10. The molecular weight excluding hydrogens is 204 g/mol. The molecule has 56 valence electrons. The molecule has 0 aliphatic heterocycles. The lowest BCUT2D eigenvalue weighted by molar-refractivity contribution is 1.09. The molecule has 0 saturated heterocycles. The maximum atomic E-state index is 4.14. The fourth-order valence-electron chi connectivity index (χ4n) is 1.13. The smallest absolute Gasteiger partial charge is 0.181 e. The summed E-state index contributed by atoms with van der Waals surface area (Å²) in [6.07, 6.45) is 3.85. The monoisotopic (exact) mass is 210 g/mol. The number of rotatable bonds is 0. The van der Waals surface area contributed by atoms with Gasteiger partial charge in [-0.05, 0) is 34.5 Å². The second-order valence-electron chi connectivity index (χ2n) is 2.47. The summed E-state index contributed by atoms with van der Waals surface area (Å²) in [5.74, 6) is 0. The van der Waals surface area contributed by atoms with Crippen LogP contribution < -0.4 is 0 Å². The first kappa shape index (κ1) is 6.85. The van der Waals surface area contributed by atoms with E-state index in [1.807, 2.05) is 22.9 Å². The Morgan fingerprint density at radius 2 is 2.36 bits per heavy atom. The Bertz CT molecular complexity index is 392. The van der Waals surface area contributed by atoms with E-state index in [9.17, 15) is 0 Å². The summed E-state index contributed by atoms with van der Waals surface area (Å²) in [6.45, 7) is 2.07. The third-order valence-electron chi connectivity index (χ3n) is 1.74. The molecule has 0 aromatic carbocycles. The van der Waals surface area contributed by atoms with Crippen molar-refractivity contribution in [1.82, 2.24) is 9.38 Å². The molecule has 2 rings (SSSR count). The SMILES string of the molecule is Cc1cccn2c(Br)ncc12. The molecule has 0 radical (unpaired) electrons. The van der Waals surface area contributed by atoms with Crippen LogP contribution in [-0.4, -0.2) is 9.38 Å². The van der Waals surface area contributed by atoms with E-state index in [0.29, 0.717) is 0 Å². The second kappa shape index (κ2) is 2.34. The van der Waals surface area contributed by atoms with Crippen molar-refractivity contribution in [2.75, 3.05) is 0 Å². The number of pyridine rings is 1. The number of hydrogen-bond donors (Lipinski definition) is 0. The van der Waals surface area contributed by atoms with Crippen LogP contribution in [0, 0.1) is 6.92 Å². The number of aromatic nitrogens is 2. The molecule has 0 spiro atoms. The molecule has 11 heavy (non-hydrogen) atoms. The van der Waals surface area contributed by atoms with Crippen LogP contribution in [0.2, 0.25) is 0 Å². The summed E-state index contributed by atoms with van der Waals surface area (Å²) in [7, 11) is 0. The average Bonchev–Trinajstić information content (AvgIpc) is 2.35. The van der Waals surface area contributed by atoms with Crippen molar-refractivity contribution >= 4 is 21.4 Å². The zero-order valence-corrected chi connectivity index (χ0v) is 7.67. The van der Waals surface area contributed by atoms with Crippen LogP contribution in [0.25, 0.3) is 5.52 Å². The van der Waals surface area contributed by atoms with Gasteiger partial charge in [0.2, 0.25) is 0 Å². The van der Waals surface area contributed by atoms with Gasteiger partial charge >= 0.3 is 0 Å². The lowest BCUT2D eigenvalue weighted by Gasteiger charge is -1.96. The van der Waals surface area contributed by atoms with E-state index in [1.54, 1.807) is 0 Å². The number of aryl methyl sites for hydroxylation is 1. The van der Waals surface area contributed by atoms with Crippen LogP contribution in [0.1, 0.15) is 5.56 Å². The van der Waals surface area contributed by atoms with Crippen LogP contribution in [0.3, 0.4) is 0 Å². The van der Waals surface area contributed by atoms with Crippen molar-refractivity contribution in [1.29, 1.82) is 0 Å². The first-order chi connectivity index (χ1) is 5.29. The second-order valence-corrected chi connectivity index (χ2v) is 3.18. The molecule has 2 aromatic rings. The van der Waals surface area contributed by atoms with Gasteiger partial charge in [-0.1, -0.05) is 6.07 Å². The van der Waals surface area contributed by atoms with Gasteiger partial charge in [0.15, 0.2) is 4.73 Å². The lowest BCUT2D eigenvalue weighted by atomic mass is 10.3. The Morgan fingerprint density at radius 3 is 3.09 bits per heavy atom. The van der Waals surface area contributed by atoms with Crippen molar-refractivity contribution in [3.05, 3.63) is 34.8 Å². The van der Waals surface area contributed by atoms with E-state index >= 15 is 0 Å². The predicted molar refractivity (Wildman–Crippen MR) is 47.6 cm³/mol. The maximum absolute atomic E-state index is 4.14. The van der Waals surface area contributed by atoms with Crippen LogP contribution in [-0.2, 0) is 0 Å². The molecule has 3 heteroatoms. The van der Waals surface area contributed by atoms with Gasteiger partial charge in [0.05, 0.1) is 11.7 Å². The molecule has 0 aliphatic carbocycles. The Hall–Kier alpha value is -0.830. The van der Waals surface area contributed by atoms with Gasteiger partial charge in [-0.2, -0.15) is 0 Å². The van der Waals surface area contributed by atoms with Gasteiger partial charge in [0, 0.05) is 6.20 Å². The zero-order valence-electron chi connectivity index (χ0n) is 6.08. The molecule has 0 unspecified atom stereocenters. The minimum Gasteiger partial charge on any atom is -0.294 e. The average molecular weight is 211 g/mol. The lowest BCUT2D eigenvalue weighted by Crippen LogP contribution is -1.84. The number of fused-ring (bicyclic) bond motifs is 1. The molecular formula is C8H7BrN2. The van der Waals surface area contributed by atoms with E-state index in [2.05, 4.69) is 33.9 Å². The van der Waals surface area contributed by atoms with Crippen LogP contribution in [0.5, 0.6) is 0 Å². The Kier molecular flexibility index (Phi) is 1.46. The fraction of sp³-hybridized carbons (Fsp3) is 0.125. The van der Waals surface area contributed by atoms with Crippen LogP contribution >= 0.6 is 15.9 Å². The number of halogens is 1. The molecule has 0 atom stereocenters. The van der Waals surface area contributed by atoms with Crippen molar-refractivity contribution < 1.29 is 0 Å². The van der Waals surface area contributed by atoms with E-state index in [-0.39, 0.29) is 0 Å². The first-order valence-electron chi connectivity index (χ1n) is 3.37.